The van der Waals surface area contributed by atoms with Crippen LogP contribution < -0.4 is 5.32 Å². The quantitative estimate of drug-likeness (QED) is 0.795. The SMILES string of the molecule is CC(C)N1CCN(C(=O)C2CCNCC2)CC1C. The van der Waals surface area contributed by atoms with Crippen LogP contribution >= 0.6 is 0 Å². The Morgan fingerprint density at radius 2 is 1.89 bits per heavy atom. The van der Waals surface area contributed by atoms with Crippen molar-refractivity contribution in [3.05, 3.63) is 0 Å². The molecule has 0 radical (unpaired) electrons. The van der Waals surface area contributed by atoms with E-state index < -0.39 is 0 Å². The summed E-state index contributed by atoms with van der Waals surface area (Å²) in [5, 5.41) is 3.32. The molecule has 1 atom stereocenters. The monoisotopic (exact) mass is 253 g/mol. The van der Waals surface area contributed by atoms with Crippen molar-refractivity contribution >= 4 is 5.91 Å². The second-order valence-electron chi connectivity index (χ2n) is 5.99. The van der Waals surface area contributed by atoms with Gasteiger partial charge in [-0.25, -0.2) is 0 Å². The van der Waals surface area contributed by atoms with Gasteiger partial charge in [0.1, 0.15) is 0 Å². The molecule has 2 rings (SSSR count). The lowest BCUT2D eigenvalue weighted by molar-refractivity contribution is -0.139. The van der Waals surface area contributed by atoms with E-state index in [1.807, 2.05) is 0 Å². The summed E-state index contributed by atoms with van der Waals surface area (Å²) >= 11 is 0. The molecule has 1 unspecified atom stereocenters. The molecule has 0 saturated carbocycles. The highest BCUT2D eigenvalue weighted by atomic mass is 16.2. The van der Waals surface area contributed by atoms with Crippen LogP contribution in [0.1, 0.15) is 33.6 Å². The molecule has 0 aromatic carbocycles. The fourth-order valence-electron chi connectivity index (χ4n) is 3.27. The van der Waals surface area contributed by atoms with Crippen molar-refractivity contribution in [3.63, 3.8) is 0 Å². The standard InChI is InChI=1S/C14H27N3O/c1-11(2)17-9-8-16(10-12(17)3)14(18)13-4-6-15-7-5-13/h11-13,15H,4-10H2,1-3H3. The Bertz CT molecular complexity index is 287. The van der Waals surface area contributed by atoms with Crippen LogP contribution in [0.25, 0.3) is 0 Å². The predicted molar refractivity (Wildman–Crippen MR) is 73.5 cm³/mol. The first-order chi connectivity index (χ1) is 8.59. The molecule has 18 heavy (non-hydrogen) atoms. The number of carbonyl (C=O) groups is 1. The molecule has 104 valence electrons. The zero-order valence-electron chi connectivity index (χ0n) is 12.0. The summed E-state index contributed by atoms with van der Waals surface area (Å²) in [5.74, 6) is 0.663. The highest BCUT2D eigenvalue weighted by molar-refractivity contribution is 5.79. The van der Waals surface area contributed by atoms with Gasteiger partial charge in [-0.1, -0.05) is 0 Å². The maximum absolute atomic E-state index is 12.5. The summed E-state index contributed by atoms with van der Waals surface area (Å²) in [4.78, 5) is 17.0. The average molecular weight is 253 g/mol. The van der Waals surface area contributed by atoms with Gasteiger partial charge in [0.05, 0.1) is 0 Å². The first-order valence-electron chi connectivity index (χ1n) is 7.35. The van der Waals surface area contributed by atoms with E-state index >= 15 is 0 Å². The number of piperidine rings is 1. The Morgan fingerprint density at radius 1 is 1.22 bits per heavy atom. The van der Waals surface area contributed by atoms with Crippen molar-refractivity contribution in [2.75, 3.05) is 32.7 Å². The van der Waals surface area contributed by atoms with E-state index in [1.54, 1.807) is 0 Å². The molecule has 2 fully saturated rings. The van der Waals surface area contributed by atoms with Crippen molar-refractivity contribution in [1.29, 1.82) is 0 Å². The number of nitrogens with one attached hydrogen (secondary N) is 1. The van der Waals surface area contributed by atoms with Crippen LogP contribution in [0.3, 0.4) is 0 Å². The molecule has 0 aromatic rings. The number of nitrogens with zero attached hydrogens (tertiary/aromatic N) is 2. The van der Waals surface area contributed by atoms with Gasteiger partial charge in [0.2, 0.25) is 5.91 Å². The minimum Gasteiger partial charge on any atom is -0.340 e. The zero-order valence-corrected chi connectivity index (χ0v) is 12.0. The topological polar surface area (TPSA) is 35.6 Å². The zero-order chi connectivity index (χ0) is 13.1. The largest absolute Gasteiger partial charge is 0.340 e. The van der Waals surface area contributed by atoms with Crippen LogP contribution in [0.15, 0.2) is 0 Å². The smallest absolute Gasteiger partial charge is 0.225 e. The van der Waals surface area contributed by atoms with Crippen molar-refractivity contribution < 1.29 is 4.79 Å². The van der Waals surface area contributed by atoms with Crippen LogP contribution in [0.2, 0.25) is 0 Å². The Hall–Kier alpha value is -0.610. The Balaban J connectivity index is 1.89. The lowest BCUT2D eigenvalue weighted by Gasteiger charge is -2.43. The highest BCUT2D eigenvalue weighted by Crippen LogP contribution is 2.19. The number of piperazine rings is 1. The summed E-state index contributed by atoms with van der Waals surface area (Å²) in [6, 6.07) is 1.07. The van der Waals surface area contributed by atoms with Gasteiger partial charge in [-0.3, -0.25) is 9.69 Å². The van der Waals surface area contributed by atoms with E-state index in [2.05, 4.69) is 35.9 Å². The third-order valence-electron chi connectivity index (χ3n) is 4.34. The molecule has 0 bridgehead atoms. The first kappa shape index (κ1) is 13.8. The van der Waals surface area contributed by atoms with Crippen LogP contribution in [-0.2, 0) is 4.79 Å². The molecular formula is C14H27N3O. The maximum Gasteiger partial charge on any atom is 0.225 e. The van der Waals surface area contributed by atoms with Crippen LogP contribution in [-0.4, -0.2) is 60.5 Å². The molecule has 0 spiro atoms. The van der Waals surface area contributed by atoms with Gasteiger partial charge in [-0.05, 0) is 46.7 Å². The van der Waals surface area contributed by atoms with Gasteiger partial charge < -0.3 is 10.2 Å². The molecule has 2 aliphatic heterocycles. The van der Waals surface area contributed by atoms with Crippen LogP contribution in [0.4, 0.5) is 0 Å². The van der Waals surface area contributed by atoms with Crippen LogP contribution in [0.5, 0.6) is 0 Å². The summed E-state index contributed by atoms with van der Waals surface area (Å²) in [6.45, 7) is 11.5. The highest BCUT2D eigenvalue weighted by Gasteiger charge is 2.31. The van der Waals surface area contributed by atoms with Crippen molar-refractivity contribution in [1.82, 2.24) is 15.1 Å². The molecule has 1 amide bonds. The number of carbonyl (C=O) groups excluding carboxylic acids is 1. The van der Waals surface area contributed by atoms with Crippen LogP contribution in [0, 0.1) is 5.92 Å². The molecule has 0 aliphatic carbocycles. The van der Waals surface area contributed by atoms with E-state index in [0.29, 0.717) is 18.0 Å². The minimum atomic E-state index is 0.268. The number of rotatable bonds is 2. The van der Waals surface area contributed by atoms with Gasteiger partial charge >= 0.3 is 0 Å². The fourth-order valence-corrected chi connectivity index (χ4v) is 3.27. The summed E-state index contributed by atoms with van der Waals surface area (Å²) in [5.41, 5.74) is 0. The maximum atomic E-state index is 12.5. The van der Waals surface area contributed by atoms with E-state index in [0.717, 1.165) is 45.6 Å². The van der Waals surface area contributed by atoms with Gasteiger partial charge in [0.25, 0.3) is 0 Å². The predicted octanol–water partition coefficient (Wildman–Crippen LogP) is 0.927. The van der Waals surface area contributed by atoms with Crippen molar-refractivity contribution in [3.8, 4) is 0 Å². The summed E-state index contributed by atoms with van der Waals surface area (Å²) in [7, 11) is 0. The van der Waals surface area contributed by atoms with Crippen molar-refractivity contribution in [2.24, 2.45) is 5.92 Å². The molecular weight excluding hydrogens is 226 g/mol. The Labute approximate surface area is 111 Å². The molecule has 2 aliphatic rings. The lowest BCUT2D eigenvalue weighted by Crippen LogP contribution is -2.57. The normalized spacial score (nSPS) is 27.8. The second-order valence-corrected chi connectivity index (χ2v) is 5.99. The third-order valence-corrected chi connectivity index (χ3v) is 4.34. The van der Waals surface area contributed by atoms with Gasteiger partial charge in [0, 0.05) is 37.6 Å². The molecule has 0 aromatic heterocycles. The number of hydrogen-bond donors (Lipinski definition) is 1. The lowest BCUT2D eigenvalue weighted by atomic mass is 9.96. The summed E-state index contributed by atoms with van der Waals surface area (Å²) < 4.78 is 0. The molecule has 2 saturated heterocycles. The number of amides is 1. The van der Waals surface area contributed by atoms with E-state index in [9.17, 15) is 4.79 Å². The summed E-state index contributed by atoms with van der Waals surface area (Å²) in [6.07, 6.45) is 2.02. The minimum absolute atomic E-state index is 0.268. The molecule has 4 heteroatoms. The molecule has 4 nitrogen and oxygen atoms in total. The third kappa shape index (κ3) is 3.04. The fraction of sp³-hybridized carbons (Fsp3) is 0.929. The van der Waals surface area contributed by atoms with E-state index in [-0.39, 0.29) is 5.92 Å². The molecule has 1 N–H and O–H groups in total. The van der Waals surface area contributed by atoms with Gasteiger partial charge in [-0.15, -0.1) is 0 Å². The second kappa shape index (κ2) is 6.02. The Morgan fingerprint density at radius 3 is 2.44 bits per heavy atom. The van der Waals surface area contributed by atoms with Crippen molar-refractivity contribution in [2.45, 2.75) is 45.7 Å². The average Bonchev–Trinajstić information content (AvgIpc) is 2.38. The van der Waals surface area contributed by atoms with E-state index in [4.69, 9.17) is 0 Å². The first-order valence-corrected chi connectivity index (χ1v) is 7.35. The van der Waals surface area contributed by atoms with Gasteiger partial charge in [0.15, 0.2) is 0 Å². The number of hydrogen-bond acceptors (Lipinski definition) is 3. The van der Waals surface area contributed by atoms with E-state index in [1.165, 1.54) is 0 Å². The molecule has 2 heterocycles. The Kier molecular flexibility index (Phi) is 4.62. The van der Waals surface area contributed by atoms with Gasteiger partial charge in [-0.2, -0.15) is 0 Å².